The summed E-state index contributed by atoms with van der Waals surface area (Å²) in [6, 6.07) is 7.44. The predicted octanol–water partition coefficient (Wildman–Crippen LogP) is 2.30. The van der Waals surface area contributed by atoms with Crippen LogP contribution < -0.4 is 5.32 Å². The smallest absolute Gasteiger partial charge is 0.178 e. The fourth-order valence-electron chi connectivity index (χ4n) is 2.43. The van der Waals surface area contributed by atoms with Gasteiger partial charge < -0.3 is 5.32 Å². The molecule has 0 aromatic heterocycles. The Balaban J connectivity index is 2.03. The molecule has 1 unspecified atom stereocenters. The van der Waals surface area contributed by atoms with Crippen molar-refractivity contribution >= 4 is 9.84 Å². The van der Waals surface area contributed by atoms with Crippen molar-refractivity contribution in [1.82, 2.24) is 5.32 Å². The van der Waals surface area contributed by atoms with E-state index in [9.17, 15) is 8.42 Å². The highest BCUT2D eigenvalue weighted by atomic mass is 32.2. The Hall–Kier alpha value is -1.31. The van der Waals surface area contributed by atoms with E-state index in [-0.39, 0.29) is 11.8 Å². The number of sulfone groups is 1. The number of hydrogen-bond donors (Lipinski definition) is 1. The van der Waals surface area contributed by atoms with Gasteiger partial charge in [-0.3, -0.25) is 0 Å². The molecule has 2 rings (SSSR count). The summed E-state index contributed by atoms with van der Waals surface area (Å²) in [5.41, 5.74) is 0.908. The first-order chi connectivity index (χ1) is 9.15. The monoisotopic (exact) mass is 277 g/mol. The van der Waals surface area contributed by atoms with Gasteiger partial charge in [0.25, 0.3) is 0 Å². The van der Waals surface area contributed by atoms with Crippen molar-refractivity contribution in [2.45, 2.75) is 36.6 Å². The average molecular weight is 277 g/mol. The lowest BCUT2D eigenvalue weighted by Crippen LogP contribution is -2.30. The molecule has 0 bridgehead atoms. The first-order valence-electron chi connectivity index (χ1n) is 6.63. The molecule has 0 saturated heterocycles. The second-order valence-corrected chi connectivity index (χ2v) is 6.89. The molecule has 1 aliphatic heterocycles. The van der Waals surface area contributed by atoms with Crippen molar-refractivity contribution in [2.24, 2.45) is 0 Å². The van der Waals surface area contributed by atoms with Gasteiger partial charge in [0.15, 0.2) is 9.84 Å². The third-order valence-electron chi connectivity index (χ3n) is 3.44. The van der Waals surface area contributed by atoms with Crippen molar-refractivity contribution in [1.29, 1.82) is 0 Å². The van der Waals surface area contributed by atoms with E-state index >= 15 is 0 Å². The minimum atomic E-state index is -3.08. The molecule has 0 aliphatic carbocycles. The van der Waals surface area contributed by atoms with Crippen LogP contribution in [0.25, 0.3) is 0 Å². The van der Waals surface area contributed by atoms with Gasteiger partial charge in [-0.2, -0.15) is 0 Å². The van der Waals surface area contributed by atoms with Crippen LogP contribution in [0.5, 0.6) is 0 Å². The first kappa shape index (κ1) is 14.1. The molecule has 1 heterocycles. The summed E-state index contributed by atoms with van der Waals surface area (Å²) in [7, 11) is -3.08. The average Bonchev–Trinajstić information content (AvgIpc) is 2.41. The fraction of sp³-hybridized carbons (Fsp3) is 0.467. The number of fused-ring (bicyclic) bond motifs is 1. The summed E-state index contributed by atoms with van der Waals surface area (Å²) >= 11 is 0. The van der Waals surface area contributed by atoms with Gasteiger partial charge in [-0.25, -0.2) is 8.42 Å². The van der Waals surface area contributed by atoms with E-state index in [1.807, 2.05) is 12.1 Å². The van der Waals surface area contributed by atoms with Crippen LogP contribution in [0.15, 0.2) is 29.2 Å². The quantitative estimate of drug-likeness (QED) is 0.663. The number of unbranched alkanes of at least 4 members (excludes halogenated alkanes) is 2. The number of hydrogen-bond acceptors (Lipinski definition) is 3. The number of benzene rings is 1. The molecule has 1 aliphatic rings. The normalized spacial score (nSPS) is 20.5. The largest absolute Gasteiger partial charge is 0.310 e. The van der Waals surface area contributed by atoms with Gasteiger partial charge in [-0.05, 0) is 37.4 Å². The summed E-state index contributed by atoms with van der Waals surface area (Å²) in [5.74, 6) is 2.85. The van der Waals surface area contributed by atoms with Gasteiger partial charge in [0.2, 0.25) is 0 Å². The molecule has 1 aromatic carbocycles. The first-order valence-corrected chi connectivity index (χ1v) is 8.29. The van der Waals surface area contributed by atoms with Gasteiger partial charge in [0, 0.05) is 12.5 Å². The van der Waals surface area contributed by atoms with E-state index in [4.69, 9.17) is 6.42 Å². The van der Waals surface area contributed by atoms with Crippen LogP contribution in [0.2, 0.25) is 0 Å². The van der Waals surface area contributed by atoms with E-state index < -0.39 is 9.84 Å². The molecule has 4 heteroatoms. The molecule has 0 fully saturated rings. The summed E-state index contributed by atoms with van der Waals surface area (Å²) < 4.78 is 24.0. The van der Waals surface area contributed by atoms with E-state index in [2.05, 4.69) is 11.2 Å². The van der Waals surface area contributed by atoms with Gasteiger partial charge in [0.1, 0.15) is 0 Å². The molecule has 0 amide bonds. The van der Waals surface area contributed by atoms with Crippen molar-refractivity contribution < 1.29 is 8.42 Å². The van der Waals surface area contributed by atoms with Gasteiger partial charge in [-0.15, -0.1) is 12.3 Å². The van der Waals surface area contributed by atoms with Crippen LogP contribution in [-0.2, 0) is 9.84 Å². The Morgan fingerprint density at radius 1 is 1.32 bits per heavy atom. The van der Waals surface area contributed by atoms with Gasteiger partial charge in [0.05, 0.1) is 10.6 Å². The molecule has 0 saturated carbocycles. The Labute approximate surface area is 115 Å². The van der Waals surface area contributed by atoms with Crippen LogP contribution in [0.4, 0.5) is 0 Å². The van der Waals surface area contributed by atoms with Gasteiger partial charge >= 0.3 is 0 Å². The number of rotatable bonds is 5. The van der Waals surface area contributed by atoms with Crippen LogP contribution in [-0.4, -0.2) is 20.7 Å². The zero-order valence-electron chi connectivity index (χ0n) is 10.9. The maximum Gasteiger partial charge on any atom is 0.178 e. The highest BCUT2D eigenvalue weighted by molar-refractivity contribution is 7.91. The molecule has 19 heavy (non-hydrogen) atoms. The number of nitrogens with one attached hydrogen (secondary N) is 1. The van der Waals surface area contributed by atoms with Crippen molar-refractivity contribution in [3.63, 3.8) is 0 Å². The lowest BCUT2D eigenvalue weighted by atomic mass is 10.0. The zero-order valence-corrected chi connectivity index (χ0v) is 11.7. The summed E-state index contributed by atoms with van der Waals surface area (Å²) in [6.45, 7) is 0.876. The molecule has 0 radical (unpaired) electrons. The maximum atomic E-state index is 12.0. The van der Waals surface area contributed by atoms with Crippen LogP contribution in [0.3, 0.4) is 0 Å². The fourth-order valence-corrected chi connectivity index (χ4v) is 4.05. The van der Waals surface area contributed by atoms with Crippen LogP contribution >= 0.6 is 0 Å². The minimum absolute atomic E-state index is 0.144. The summed E-state index contributed by atoms with van der Waals surface area (Å²) in [4.78, 5) is 0.488. The number of terminal acetylenes is 1. The van der Waals surface area contributed by atoms with Crippen molar-refractivity contribution in [3.05, 3.63) is 29.8 Å². The van der Waals surface area contributed by atoms with Gasteiger partial charge in [-0.1, -0.05) is 18.2 Å². The molecular formula is C15H19NO2S. The lowest BCUT2D eigenvalue weighted by molar-refractivity contribution is 0.482. The topological polar surface area (TPSA) is 46.2 Å². The molecule has 1 aromatic rings. The van der Waals surface area contributed by atoms with E-state index in [1.165, 1.54) is 0 Å². The van der Waals surface area contributed by atoms with E-state index in [0.29, 0.717) is 11.3 Å². The molecular weight excluding hydrogens is 258 g/mol. The van der Waals surface area contributed by atoms with Crippen LogP contribution in [0.1, 0.15) is 37.3 Å². The third kappa shape index (κ3) is 3.37. The molecule has 3 nitrogen and oxygen atoms in total. The standard InChI is InChI=1S/C15H19NO2S/c1-2-3-4-7-11-16-14-10-12-19(17,18)15-9-6-5-8-13(14)15/h1,5-6,8-9,14,16H,3-4,7,10-12H2. The van der Waals surface area contributed by atoms with E-state index in [1.54, 1.807) is 12.1 Å². The Morgan fingerprint density at radius 2 is 2.11 bits per heavy atom. The lowest BCUT2D eigenvalue weighted by Gasteiger charge is -2.26. The van der Waals surface area contributed by atoms with Crippen molar-refractivity contribution in [3.8, 4) is 12.3 Å². The van der Waals surface area contributed by atoms with Crippen molar-refractivity contribution in [2.75, 3.05) is 12.3 Å². The highest BCUT2D eigenvalue weighted by Gasteiger charge is 2.29. The third-order valence-corrected chi connectivity index (χ3v) is 5.26. The Bertz CT molecular complexity index is 572. The van der Waals surface area contributed by atoms with Crippen LogP contribution in [0, 0.1) is 12.3 Å². The minimum Gasteiger partial charge on any atom is -0.310 e. The molecule has 1 N–H and O–H groups in total. The SMILES string of the molecule is C#CCCCCNC1CCS(=O)(=O)c2ccccc21. The molecule has 0 spiro atoms. The Morgan fingerprint density at radius 3 is 2.89 bits per heavy atom. The Kier molecular flexibility index (Phi) is 4.62. The maximum absolute atomic E-state index is 12.0. The second kappa shape index (κ2) is 6.23. The summed E-state index contributed by atoms with van der Waals surface area (Å²) in [5, 5.41) is 3.44. The second-order valence-electron chi connectivity index (χ2n) is 4.81. The summed E-state index contributed by atoms with van der Waals surface area (Å²) in [6.07, 6.45) is 8.69. The zero-order chi connectivity index (χ0) is 13.7. The van der Waals surface area contributed by atoms with E-state index in [0.717, 1.165) is 31.4 Å². The predicted molar refractivity (Wildman–Crippen MR) is 76.5 cm³/mol. The molecule has 1 atom stereocenters. The highest BCUT2D eigenvalue weighted by Crippen LogP contribution is 2.31. The molecule has 102 valence electrons.